The summed E-state index contributed by atoms with van der Waals surface area (Å²) in [5, 5.41) is 32.8. The average Bonchev–Trinajstić information content (AvgIpc) is 3.23. The number of nitrogens with one attached hydrogen (secondary N) is 1. The van der Waals surface area contributed by atoms with E-state index in [0.717, 1.165) is 0 Å². The van der Waals surface area contributed by atoms with Gasteiger partial charge >= 0.3 is 5.97 Å². The van der Waals surface area contributed by atoms with Crippen LogP contribution < -0.4 is 10.1 Å². The number of pyridine rings is 1. The second-order valence-corrected chi connectivity index (χ2v) is 7.35. The maximum absolute atomic E-state index is 12.7. The molecule has 1 aromatic heterocycles. The normalized spacial score (nSPS) is 17.8. The third-order valence-electron chi connectivity index (χ3n) is 5.40. The van der Waals surface area contributed by atoms with Crippen LogP contribution in [0.3, 0.4) is 0 Å². The van der Waals surface area contributed by atoms with Crippen LogP contribution in [0.2, 0.25) is 0 Å². The summed E-state index contributed by atoms with van der Waals surface area (Å²) in [7, 11) is 0. The molecule has 3 aromatic rings. The topological polar surface area (TPSA) is 133 Å². The van der Waals surface area contributed by atoms with Gasteiger partial charge in [0.15, 0.2) is 11.4 Å². The molecule has 1 saturated carbocycles. The summed E-state index contributed by atoms with van der Waals surface area (Å²) in [5.74, 6) is -1.68. The summed E-state index contributed by atoms with van der Waals surface area (Å²) in [4.78, 5) is 28.2. The van der Waals surface area contributed by atoms with Crippen LogP contribution in [-0.2, 0) is 4.79 Å². The number of carboxylic acid groups (broad SMARTS) is 1. The lowest BCUT2D eigenvalue weighted by Crippen LogP contribution is -2.40. The predicted molar refractivity (Wildman–Crippen MR) is 111 cm³/mol. The molecule has 2 aromatic carbocycles. The molecule has 31 heavy (non-hydrogen) atoms. The van der Waals surface area contributed by atoms with Gasteiger partial charge in [0.1, 0.15) is 23.3 Å². The molecule has 0 saturated heterocycles. The molecule has 1 fully saturated rings. The van der Waals surface area contributed by atoms with Gasteiger partial charge in [-0.25, -0.2) is 4.98 Å². The van der Waals surface area contributed by atoms with Gasteiger partial charge in [0, 0.05) is 16.8 Å². The Morgan fingerprint density at radius 1 is 1.10 bits per heavy atom. The van der Waals surface area contributed by atoms with Gasteiger partial charge in [-0.3, -0.25) is 9.59 Å². The van der Waals surface area contributed by atoms with Crippen LogP contribution in [-0.4, -0.2) is 33.1 Å². The minimum Gasteiger partial charge on any atom is -0.505 e. The second-order valence-electron chi connectivity index (χ2n) is 7.35. The van der Waals surface area contributed by atoms with Gasteiger partial charge in [-0.05, 0) is 43.2 Å². The molecule has 1 amide bonds. The van der Waals surface area contributed by atoms with Crippen molar-refractivity contribution in [2.75, 3.05) is 0 Å². The molecule has 1 aliphatic carbocycles. The van der Waals surface area contributed by atoms with Crippen LogP contribution in [0.15, 0.2) is 48.5 Å². The van der Waals surface area contributed by atoms with E-state index in [1.54, 1.807) is 30.3 Å². The third kappa shape index (κ3) is 3.98. The zero-order chi connectivity index (χ0) is 22.0. The monoisotopic (exact) mass is 417 g/mol. The van der Waals surface area contributed by atoms with Gasteiger partial charge in [0.2, 0.25) is 0 Å². The van der Waals surface area contributed by atoms with Crippen LogP contribution in [0.4, 0.5) is 0 Å². The van der Waals surface area contributed by atoms with Gasteiger partial charge in [-0.2, -0.15) is 5.26 Å². The molecule has 8 heteroatoms. The minimum absolute atomic E-state index is 0.0438. The number of aromatic nitrogens is 1. The first-order valence-corrected chi connectivity index (χ1v) is 9.81. The number of aromatic hydroxyl groups is 1. The molecule has 0 spiro atoms. The highest BCUT2D eigenvalue weighted by atomic mass is 16.5. The number of para-hydroxylation sites is 1. The van der Waals surface area contributed by atoms with Crippen molar-refractivity contribution in [3.8, 4) is 23.3 Å². The molecule has 2 atom stereocenters. The summed E-state index contributed by atoms with van der Waals surface area (Å²) >= 11 is 0. The van der Waals surface area contributed by atoms with Gasteiger partial charge in [0.25, 0.3) is 5.91 Å². The Morgan fingerprint density at radius 2 is 1.87 bits per heavy atom. The summed E-state index contributed by atoms with van der Waals surface area (Å²) in [6.45, 7) is 0. The number of nitriles is 1. The summed E-state index contributed by atoms with van der Waals surface area (Å²) in [6.07, 6.45) is 1.69. The smallest absolute Gasteiger partial charge is 0.308 e. The van der Waals surface area contributed by atoms with Crippen LogP contribution in [0.5, 0.6) is 17.2 Å². The zero-order valence-corrected chi connectivity index (χ0v) is 16.4. The highest BCUT2D eigenvalue weighted by Crippen LogP contribution is 2.34. The van der Waals surface area contributed by atoms with Crippen LogP contribution >= 0.6 is 0 Å². The minimum atomic E-state index is -0.970. The van der Waals surface area contributed by atoms with E-state index in [9.17, 15) is 25.1 Å². The lowest BCUT2D eigenvalue weighted by atomic mass is 10.0. The number of benzene rings is 2. The molecular weight excluding hydrogens is 398 g/mol. The fourth-order valence-electron chi connectivity index (χ4n) is 3.88. The van der Waals surface area contributed by atoms with E-state index in [-0.39, 0.29) is 22.5 Å². The van der Waals surface area contributed by atoms with Crippen molar-refractivity contribution in [1.82, 2.24) is 10.3 Å². The number of rotatable bonds is 5. The van der Waals surface area contributed by atoms with E-state index < -0.39 is 23.8 Å². The Bertz CT molecular complexity index is 1200. The predicted octanol–water partition coefficient (Wildman–Crippen LogP) is 3.59. The molecule has 2 unspecified atom stereocenters. The molecule has 0 bridgehead atoms. The Hall–Kier alpha value is -4.12. The number of carbonyl (C=O) groups excluding carboxylic acids is 1. The van der Waals surface area contributed by atoms with Crippen molar-refractivity contribution in [3.63, 3.8) is 0 Å². The number of nitrogens with zero attached hydrogens (tertiary/aromatic N) is 2. The summed E-state index contributed by atoms with van der Waals surface area (Å²) < 4.78 is 5.77. The number of hydrogen-bond acceptors (Lipinski definition) is 6. The molecule has 0 radical (unpaired) electrons. The van der Waals surface area contributed by atoms with Gasteiger partial charge in [-0.1, -0.05) is 24.6 Å². The quantitative estimate of drug-likeness (QED) is 0.578. The van der Waals surface area contributed by atoms with Crippen molar-refractivity contribution in [2.45, 2.75) is 25.3 Å². The first-order valence-electron chi connectivity index (χ1n) is 9.81. The van der Waals surface area contributed by atoms with Crippen molar-refractivity contribution in [2.24, 2.45) is 5.92 Å². The van der Waals surface area contributed by atoms with E-state index >= 15 is 0 Å². The van der Waals surface area contributed by atoms with Crippen molar-refractivity contribution in [1.29, 1.82) is 5.26 Å². The highest BCUT2D eigenvalue weighted by molar-refractivity contribution is 6.03. The van der Waals surface area contributed by atoms with Crippen molar-refractivity contribution >= 4 is 22.6 Å². The fraction of sp³-hybridized carbons (Fsp3) is 0.217. The lowest BCUT2D eigenvalue weighted by Gasteiger charge is -2.18. The number of aliphatic carboxylic acids is 1. The largest absolute Gasteiger partial charge is 0.505 e. The number of carbonyl (C=O) groups is 2. The van der Waals surface area contributed by atoms with E-state index in [4.69, 9.17) is 4.74 Å². The molecular formula is C23H19N3O5. The lowest BCUT2D eigenvalue weighted by molar-refractivity contribution is -0.142. The van der Waals surface area contributed by atoms with Crippen LogP contribution in [0.1, 0.15) is 35.4 Å². The van der Waals surface area contributed by atoms with E-state index in [0.29, 0.717) is 36.1 Å². The van der Waals surface area contributed by atoms with Crippen molar-refractivity contribution in [3.05, 3.63) is 59.9 Å². The van der Waals surface area contributed by atoms with Gasteiger partial charge in [0.05, 0.1) is 5.92 Å². The highest BCUT2D eigenvalue weighted by Gasteiger charge is 2.35. The standard InChI is InChI=1S/C23H19N3O5/c24-12-19-17-11-14(31-13-5-2-1-3-6-13)9-10-15(17)21(27)20(25-19)22(28)26-18-8-4-7-16(18)23(29)30/h1-3,5-6,9-11,16,18,27H,4,7-8H2,(H,26,28)(H,29,30). The van der Waals surface area contributed by atoms with Gasteiger partial charge in [-0.15, -0.1) is 0 Å². The first kappa shape index (κ1) is 20.2. The molecule has 156 valence electrons. The molecule has 8 nitrogen and oxygen atoms in total. The van der Waals surface area contributed by atoms with E-state index in [1.165, 1.54) is 0 Å². The zero-order valence-electron chi connectivity index (χ0n) is 16.4. The molecule has 1 heterocycles. The van der Waals surface area contributed by atoms with Gasteiger partial charge < -0.3 is 20.3 Å². The fourth-order valence-corrected chi connectivity index (χ4v) is 3.88. The number of fused-ring (bicyclic) bond motifs is 1. The summed E-state index contributed by atoms with van der Waals surface area (Å²) in [6, 6.07) is 15.2. The Kier molecular flexibility index (Phi) is 5.41. The molecule has 3 N–H and O–H groups in total. The first-order chi connectivity index (χ1) is 15.0. The Balaban J connectivity index is 1.67. The van der Waals surface area contributed by atoms with Crippen LogP contribution in [0.25, 0.3) is 10.8 Å². The summed E-state index contributed by atoms with van der Waals surface area (Å²) in [5.41, 5.74) is -0.352. The molecule has 0 aliphatic heterocycles. The Labute approximate surface area is 177 Å². The number of carboxylic acids is 1. The number of ether oxygens (including phenoxy) is 1. The molecule has 1 aliphatic rings. The SMILES string of the molecule is N#Cc1nc(C(=O)NC2CCCC2C(=O)O)c(O)c2ccc(Oc3ccccc3)cc12. The second kappa shape index (κ2) is 8.32. The van der Waals surface area contributed by atoms with E-state index in [2.05, 4.69) is 10.3 Å². The number of amides is 1. The average molecular weight is 417 g/mol. The third-order valence-corrected chi connectivity index (χ3v) is 5.40. The van der Waals surface area contributed by atoms with Crippen molar-refractivity contribution < 1.29 is 24.5 Å². The Morgan fingerprint density at radius 3 is 2.58 bits per heavy atom. The van der Waals surface area contributed by atoms with Crippen LogP contribution in [0, 0.1) is 17.2 Å². The number of hydrogen-bond donors (Lipinski definition) is 3. The maximum atomic E-state index is 12.7. The maximum Gasteiger partial charge on any atom is 0.308 e. The van der Waals surface area contributed by atoms with E-state index in [1.807, 2.05) is 24.3 Å². The molecule has 4 rings (SSSR count).